The number of rotatable bonds is 5. The van der Waals surface area contributed by atoms with Crippen molar-refractivity contribution in [2.24, 2.45) is 16.8 Å². The Morgan fingerprint density at radius 2 is 2.23 bits per heavy atom. The zero-order chi connectivity index (χ0) is 16.1. The molecule has 0 radical (unpaired) electrons. The highest BCUT2D eigenvalue weighted by Gasteiger charge is 2.19. The quantitative estimate of drug-likeness (QED) is 0.647. The van der Waals surface area contributed by atoms with E-state index in [0.717, 1.165) is 23.3 Å². The molecule has 1 aromatic rings. The summed E-state index contributed by atoms with van der Waals surface area (Å²) in [5.41, 5.74) is 10.3. The zero-order valence-electron chi connectivity index (χ0n) is 13.2. The molecular formula is C17H23N3O2. The van der Waals surface area contributed by atoms with Gasteiger partial charge in [-0.2, -0.15) is 5.10 Å². The van der Waals surface area contributed by atoms with E-state index in [0.29, 0.717) is 0 Å². The number of nitrogens with two attached hydrogens (primary N) is 1. The molecule has 0 aromatic heterocycles. The number of benzene rings is 1. The zero-order valence-corrected chi connectivity index (χ0v) is 13.2. The third-order valence-corrected chi connectivity index (χ3v) is 3.96. The molecule has 3 N–H and O–H groups in total. The molecule has 0 saturated carbocycles. The number of carbonyl (C=O) groups is 1. The maximum Gasteiger partial charge on any atom is 0.257 e. The smallest absolute Gasteiger partial charge is 0.257 e. The molecule has 3 atom stereocenters. The molecule has 22 heavy (non-hydrogen) atoms. The van der Waals surface area contributed by atoms with Gasteiger partial charge in [0.25, 0.3) is 5.91 Å². The van der Waals surface area contributed by atoms with E-state index in [9.17, 15) is 4.79 Å². The van der Waals surface area contributed by atoms with Gasteiger partial charge in [-0.15, -0.1) is 0 Å². The summed E-state index contributed by atoms with van der Waals surface area (Å²) in [4.78, 5) is 11.9. The third-order valence-electron chi connectivity index (χ3n) is 3.96. The summed E-state index contributed by atoms with van der Waals surface area (Å²) in [6.07, 6.45) is 4.36. The predicted molar refractivity (Wildman–Crippen MR) is 88.6 cm³/mol. The number of hydrogen-bond acceptors (Lipinski definition) is 4. The fourth-order valence-corrected chi connectivity index (χ4v) is 2.16. The summed E-state index contributed by atoms with van der Waals surface area (Å²) < 4.78 is 5.81. The first-order valence-electron chi connectivity index (χ1n) is 7.58. The molecule has 5 nitrogen and oxygen atoms in total. The molecular weight excluding hydrogens is 278 g/mol. The summed E-state index contributed by atoms with van der Waals surface area (Å²) in [5.74, 6) is 0.712. The van der Waals surface area contributed by atoms with Crippen molar-refractivity contribution in [2.75, 3.05) is 0 Å². The minimum atomic E-state index is -0.545. The van der Waals surface area contributed by atoms with E-state index in [2.05, 4.69) is 10.5 Å². The van der Waals surface area contributed by atoms with Crippen molar-refractivity contribution in [1.82, 2.24) is 5.43 Å². The van der Waals surface area contributed by atoms with E-state index in [1.54, 1.807) is 6.21 Å². The molecule has 0 bridgehead atoms. The van der Waals surface area contributed by atoms with Gasteiger partial charge in [-0.25, -0.2) is 5.43 Å². The molecule has 5 heteroatoms. The molecule has 1 amide bonds. The Morgan fingerprint density at radius 1 is 1.50 bits per heavy atom. The van der Waals surface area contributed by atoms with Gasteiger partial charge in [-0.05, 0) is 25.0 Å². The number of hydrazone groups is 1. The summed E-state index contributed by atoms with van der Waals surface area (Å²) in [5, 5.41) is 4.00. The number of carbonyl (C=O) groups excluding carboxylic acids is 1. The molecule has 118 valence electrons. The number of amides is 1. The minimum absolute atomic E-state index is 0.112. The van der Waals surface area contributed by atoms with Gasteiger partial charge in [0.05, 0.1) is 12.3 Å². The summed E-state index contributed by atoms with van der Waals surface area (Å²) >= 11 is 0. The van der Waals surface area contributed by atoms with E-state index < -0.39 is 6.04 Å². The van der Waals surface area contributed by atoms with Crippen molar-refractivity contribution in [3.05, 3.63) is 35.4 Å². The lowest BCUT2D eigenvalue weighted by Crippen LogP contribution is -2.42. The molecule has 1 aromatic carbocycles. The van der Waals surface area contributed by atoms with Crippen LogP contribution in [0.3, 0.4) is 0 Å². The van der Waals surface area contributed by atoms with E-state index in [1.807, 2.05) is 51.1 Å². The fourth-order valence-electron chi connectivity index (χ4n) is 2.16. The van der Waals surface area contributed by atoms with Crippen molar-refractivity contribution in [1.29, 1.82) is 0 Å². The molecule has 0 fully saturated rings. The van der Waals surface area contributed by atoms with Crippen LogP contribution in [-0.4, -0.2) is 24.3 Å². The largest absolute Gasteiger partial charge is 0.485 e. The Morgan fingerprint density at radius 3 is 2.95 bits per heavy atom. The maximum atomic E-state index is 11.9. The first kappa shape index (κ1) is 16.2. The molecule has 2 rings (SSSR count). The lowest BCUT2D eigenvalue weighted by atomic mass is 10.00. The highest BCUT2D eigenvalue weighted by atomic mass is 16.5. The van der Waals surface area contributed by atoms with Crippen LogP contribution in [0.15, 0.2) is 34.9 Å². The third kappa shape index (κ3) is 3.74. The average Bonchev–Trinajstić information content (AvgIpc) is 2.53. The van der Waals surface area contributed by atoms with Crippen molar-refractivity contribution in [2.45, 2.75) is 39.3 Å². The van der Waals surface area contributed by atoms with Crippen LogP contribution in [0.1, 0.15) is 32.8 Å². The Bertz CT molecular complexity index is 595. The molecule has 1 aliphatic heterocycles. The average molecular weight is 301 g/mol. The summed E-state index contributed by atoms with van der Waals surface area (Å²) in [6, 6.07) is 7.26. The van der Waals surface area contributed by atoms with Gasteiger partial charge in [-0.1, -0.05) is 38.5 Å². The standard InChI is InChI=1S/C17H23N3O2/c1-4-11(2)16(18)17(21)20-19-10-14-9-13-7-5-6-8-15(13)22-12(14)3/h5-12,16H,4,18H2,1-3H3,(H,20,21)/b19-10-/t11-,12-,16-/m1/s1. The molecule has 0 aliphatic carbocycles. The monoisotopic (exact) mass is 301 g/mol. The number of hydrogen-bond donors (Lipinski definition) is 2. The second kappa shape index (κ2) is 7.22. The maximum absolute atomic E-state index is 11.9. The molecule has 0 spiro atoms. The molecule has 1 heterocycles. The molecule has 1 aliphatic rings. The van der Waals surface area contributed by atoms with Gasteiger partial charge in [-0.3, -0.25) is 4.79 Å². The number of para-hydroxylation sites is 1. The lowest BCUT2D eigenvalue weighted by Gasteiger charge is -2.22. The highest BCUT2D eigenvalue weighted by Crippen LogP contribution is 2.28. The van der Waals surface area contributed by atoms with Crippen LogP contribution in [-0.2, 0) is 4.79 Å². The Labute approximate surface area is 131 Å². The summed E-state index contributed by atoms with van der Waals surface area (Å²) in [6.45, 7) is 5.90. The van der Waals surface area contributed by atoms with E-state index in [-0.39, 0.29) is 17.9 Å². The SMILES string of the molecule is CC[C@@H](C)[C@@H](N)C(=O)N/N=C\C1=Cc2ccccc2O[C@@H]1C. The van der Waals surface area contributed by atoms with Gasteiger partial charge < -0.3 is 10.5 Å². The Kier molecular flexibility index (Phi) is 5.33. The van der Waals surface area contributed by atoms with Crippen LogP contribution in [0.2, 0.25) is 0 Å². The molecule has 0 saturated heterocycles. The van der Waals surface area contributed by atoms with E-state index in [1.165, 1.54) is 0 Å². The first-order valence-corrected chi connectivity index (χ1v) is 7.58. The van der Waals surface area contributed by atoms with Gasteiger partial charge in [0.1, 0.15) is 11.9 Å². The number of nitrogens with zero attached hydrogens (tertiary/aromatic N) is 1. The van der Waals surface area contributed by atoms with Crippen LogP contribution in [0.5, 0.6) is 5.75 Å². The fraction of sp³-hybridized carbons (Fsp3) is 0.412. The van der Waals surface area contributed by atoms with Gasteiger partial charge in [0, 0.05) is 11.1 Å². The number of ether oxygens (including phenoxy) is 1. The number of nitrogens with one attached hydrogen (secondary N) is 1. The summed E-state index contributed by atoms with van der Waals surface area (Å²) in [7, 11) is 0. The predicted octanol–water partition coefficient (Wildman–Crippen LogP) is 2.33. The van der Waals surface area contributed by atoms with Crippen molar-refractivity contribution in [3.8, 4) is 5.75 Å². The first-order chi connectivity index (χ1) is 10.5. The van der Waals surface area contributed by atoms with Crippen molar-refractivity contribution in [3.63, 3.8) is 0 Å². The van der Waals surface area contributed by atoms with E-state index >= 15 is 0 Å². The topological polar surface area (TPSA) is 76.7 Å². The van der Waals surface area contributed by atoms with Crippen molar-refractivity contribution >= 4 is 18.2 Å². The Balaban J connectivity index is 2.01. The normalized spacial score (nSPS) is 19.8. The van der Waals surface area contributed by atoms with Crippen LogP contribution in [0.4, 0.5) is 0 Å². The van der Waals surface area contributed by atoms with Crippen LogP contribution in [0.25, 0.3) is 6.08 Å². The van der Waals surface area contributed by atoms with Crippen LogP contribution < -0.4 is 15.9 Å². The molecule has 0 unspecified atom stereocenters. The highest BCUT2D eigenvalue weighted by molar-refractivity contribution is 5.90. The lowest BCUT2D eigenvalue weighted by molar-refractivity contribution is -0.123. The van der Waals surface area contributed by atoms with Gasteiger partial charge in [0.15, 0.2) is 0 Å². The van der Waals surface area contributed by atoms with Crippen LogP contribution >= 0.6 is 0 Å². The second-order valence-corrected chi connectivity index (χ2v) is 5.59. The second-order valence-electron chi connectivity index (χ2n) is 5.59. The minimum Gasteiger partial charge on any atom is -0.485 e. The van der Waals surface area contributed by atoms with Crippen molar-refractivity contribution < 1.29 is 9.53 Å². The van der Waals surface area contributed by atoms with E-state index in [4.69, 9.17) is 10.5 Å². The van der Waals surface area contributed by atoms with Gasteiger partial charge >= 0.3 is 0 Å². The van der Waals surface area contributed by atoms with Gasteiger partial charge in [0.2, 0.25) is 0 Å². The van der Waals surface area contributed by atoms with Crippen LogP contribution in [0, 0.1) is 5.92 Å². The number of fused-ring (bicyclic) bond motifs is 1. The Hall–Kier alpha value is -2.14.